The van der Waals surface area contributed by atoms with Gasteiger partial charge in [0.05, 0.1) is 6.04 Å². The van der Waals surface area contributed by atoms with Gasteiger partial charge in [-0.05, 0) is 57.0 Å². The predicted octanol–water partition coefficient (Wildman–Crippen LogP) is 4.03. The number of hydrogen-bond donors (Lipinski definition) is 2. The van der Waals surface area contributed by atoms with Crippen molar-refractivity contribution in [2.75, 3.05) is 0 Å². The molecule has 0 bridgehead atoms. The lowest BCUT2D eigenvalue weighted by Gasteiger charge is -2.31. The summed E-state index contributed by atoms with van der Waals surface area (Å²) in [5.74, 6) is -4.88. The molecule has 0 aliphatic rings. The summed E-state index contributed by atoms with van der Waals surface area (Å²) in [6.45, 7) is 5.16. The van der Waals surface area contributed by atoms with E-state index in [1.807, 2.05) is 0 Å². The molecule has 0 radical (unpaired) electrons. The van der Waals surface area contributed by atoms with Gasteiger partial charge in [-0.1, -0.05) is 30.3 Å². The summed E-state index contributed by atoms with van der Waals surface area (Å²) in [7, 11) is 0. The molecule has 0 saturated carbocycles. The van der Waals surface area contributed by atoms with Crippen molar-refractivity contribution in [2.24, 2.45) is 0 Å². The predicted molar refractivity (Wildman–Crippen MR) is 117 cm³/mol. The molecule has 0 unspecified atom stereocenters. The van der Waals surface area contributed by atoms with Crippen LogP contribution in [0.15, 0.2) is 59.4 Å². The van der Waals surface area contributed by atoms with Gasteiger partial charge in [0.25, 0.3) is 11.5 Å². The number of carbonyl (C=O) groups is 1. The van der Waals surface area contributed by atoms with Crippen LogP contribution in [0.25, 0.3) is 5.69 Å². The van der Waals surface area contributed by atoms with Crippen molar-refractivity contribution in [3.8, 4) is 5.69 Å². The Morgan fingerprint density at radius 3 is 2.39 bits per heavy atom. The topological polar surface area (TPSA) is 84.2 Å². The Morgan fingerprint density at radius 2 is 1.76 bits per heavy atom. The fourth-order valence-corrected chi connectivity index (χ4v) is 3.47. The zero-order chi connectivity index (χ0) is 24.6. The second kappa shape index (κ2) is 8.82. The highest BCUT2D eigenvalue weighted by Gasteiger charge is 2.48. The summed E-state index contributed by atoms with van der Waals surface area (Å²) in [6, 6.07) is 11.4. The monoisotopic (exact) mass is 459 g/mol. The van der Waals surface area contributed by atoms with E-state index in [-0.39, 0.29) is 22.5 Å². The Morgan fingerprint density at radius 1 is 1.09 bits per heavy atom. The molecule has 0 fully saturated rings. The van der Waals surface area contributed by atoms with Gasteiger partial charge in [-0.25, -0.2) is 4.39 Å². The zero-order valence-corrected chi connectivity index (χ0v) is 18.6. The lowest BCUT2D eigenvalue weighted by molar-refractivity contribution is -0.168. The fraction of sp³-hybridized carbons (Fsp3) is 0.292. The number of halogens is 3. The third-order valence-corrected chi connectivity index (χ3v) is 5.41. The van der Waals surface area contributed by atoms with Crippen LogP contribution in [-0.2, 0) is 5.92 Å². The van der Waals surface area contributed by atoms with Crippen LogP contribution in [0.5, 0.6) is 0 Å². The maximum absolute atomic E-state index is 14.8. The van der Waals surface area contributed by atoms with Crippen molar-refractivity contribution in [2.45, 2.75) is 45.3 Å². The van der Waals surface area contributed by atoms with Crippen molar-refractivity contribution in [1.29, 1.82) is 0 Å². The SMILES string of the molecule is Cc1c([C@@H](C)NC(=O)c2ccc(=O)n(-c3ccccc3F)n2)cccc1C(F)(F)C(C)(C)O. The average molecular weight is 459 g/mol. The third kappa shape index (κ3) is 4.68. The Balaban J connectivity index is 1.91. The quantitative estimate of drug-likeness (QED) is 0.583. The third-order valence-electron chi connectivity index (χ3n) is 5.41. The second-order valence-corrected chi connectivity index (χ2v) is 8.27. The van der Waals surface area contributed by atoms with Crippen LogP contribution in [0.1, 0.15) is 54.0 Å². The van der Waals surface area contributed by atoms with Crippen molar-refractivity contribution >= 4 is 5.91 Å². The summed E-state index contributed by atoms with van der Waals surface area (Å²) >= 11 is 0. The number of amides is 1. The maximum Gasteiger partial charge on any atom is 0.300 e. The maximum atomic E-state index is 14.8. The van der Waals surface area contributed by atoms with Crippen molar-refractivity contribution in [1.82, 2.24) is 15.1 Å². The molecule has 9 heteroatoms. The van der Waals surface area contributed by atoms with E-state index in [4.69, 9.17) is 0 Å². The molecule has 0 aliphatic heterocycles. The van der Waals surface area contributed by atoms with Gasteiger partial charge < -0.3 is 10.4 Å². The van der Waals surface area contributed by atoms with Crippen LogP contribution in [0.3, 0.4) is 0 Å². The van der Waals surface area contributed by atoms with Gasteiger partial charge in [-0.15, -0.1) is 0 Å². The summed E-state index contributed by atoms with van der Waals surface area (Å²) in [5, 5.41) is 16.6. The Kier molecular flexibility index (Phi) is 6.46. The van der Waals surface area contributed by atoms with Crippen LogP contribution in [0.4, 0.5) is 13.2 Å². The molecule has 1 amide bonds. The highest BCUT2D eigenvalue weighted by molar-refractivity contribution is 5.92. The molecule has 2 aromatic carbocycles. The number of aromatic nitrogens is 2. The minimum absolute atomic E-state index is 0.109. The number of rotatable bonds is 6. The molecule has 33 heavy (non-hydrogen) atoms. The van der Waals surface area contributed by atoms with Crippen LogP contribution < -0.4 is 10.9 Å². The largest absolute Gasteiger partial charge is 0.384 e. The number of para-hydroxylation sites is 1. The van der Waals surface area contributed by atoms with Gasteiger partial charge in [0.15, 0.2) is 0 Å². The number of alkyl halides is 2. The van der Waals surface area contributed by atoms with E-state index in [0.29, 0.717) is 5.56 Å². The van der Waals surface area contributed by atoms with Crippen LogP contribution in [-0.4, -0.2) is 26.4 Å². The summed E-state index contributed by atoms with van der Waals surface area (Å²) < 4.78 is 44.4. The first-order chi connectivity index (χ1) is 15.3. The summed E-state index contributed by atoms with van der Waals surface area (Å²) in [6.07, 6.45) is 0. The normalized spacial score (nSPS) is 13.0. The van der Waals surface area contributed by atoms with E-state index in [2.05, 4.69) is 10.4 Å². The number of nitrogens with zero attached hydrogens (tertiary/aromatic N) is 2. The number of nitrogens with one attached hydrogen (secondary N) is 1. The molecule has 6 nitrogen and oxygen atoms in total. The number of carbonyl (C=O) groups excluding carboxylic acids is 1. The molecule has 0 spiro atoms. The lowest BCUT2D eigenvalue weighted by Crippen LogP contribution is -2.41. The number of aliphatic hydroxyl groups is 1. The van der Waals surface area contributed by atoms with E-state index in [1.54, 1.807) is 13.0 Å². The minimum atomic E-state index is -3.52. The van der Waals surface area contributed by atoms with E-state index in [0.717, 1.165) is 30.7 Å². The number of benzene rings is 2. The Hall–Kier alpha value is -3.46. The first kappa shape index (κ1) is 24.2. The smallest absolute Gasteiger partial charge is 0.300 e. The summed E-state index contributed by atoms with van der Waals surface area (Å²) in [5.41, 5.74) is -2.87. The Labute approximate surface area is 188 Å². The van der Waals surface area contributed by atoms with Crippen LogP contribution >= 0.6 is 0 Å². The van der Waals surface area contributed by atoms with Gasteiger partial charge in [0.2, 0.25) is 0 Å². The standard InChI is InChI=1S/C24H24F3N3O3/c1-14-16(8-7-9-17(14)24(26,27)23(3,4)33)15(2)28-22(32)19-12-13-21(31)30(29-19)20-11-6-5-10-18(20)25/h5-13,15,33H,1-4H3,(H,28,32)/t15-/m1/s1. The highest BCUT2D eigenvalue weighted by Crippen LogP contribution is 2.41. The highest BCUT2D eigenvalue weighted by atomic mass is 19.3. The van der Waals surface area contributed by atoms with Gasteiger partial charge in [0, 0.05) is 11.6 Å². The molecular formula is C24H24F3N3O3. The van der Waals surface area contributed by atoms with E-state index < -0.39 is 34.8 Å². The van der Waals surface area contributed by atoms with Crippen LogP contribution in [0, 0.1) is 12.7 Å². The minimum Gasteiger partial charge on any atom is -0.384 e. The molecule has 3 aromatic rings. The second-order valence-electron chi connectivity index (χ2n) is 8.27. The number of hydrogen-bond acceptors (Lipinski definition) is 4. The van der Waals surface area contributed by atoms with Gasteiger partial charge in [-0.3, -0.25) is 9.59 Å². The first-order valence-corrected chi connectivity index (χ1v) is 10.2. The van der Waals surface area contributed by atoms with Crippen molar-refractivity contribution < 1.29 is 23.1 Å². The molecule has 174 valence electrons. The molecule has 2 N–H and O–H groups in total. The fourth-order valence-electron chi connectivity index (χ4n) is 3.47. The molecule has 3 rings (SSSR count). The lowest BCUT2D eigenvalue weighted by atomic mass is 9.87. The van der Waals surface area contributed by atoms with Crippen molar-refractivity contribution in [3.05, 3.63) is 93.2 Å². The van der Waals surface area contributed by atoms with Gasteiger partial charge in [0.1, 0.15) is 22.8 Å². The van der Waals surface area contributed by atoms with E-state index in [9.17, 15) is 27.9 Å². The summed E-state index contributed by atoms with van der Waals surface area (Å²) in [4.78, 5) is 24.9. The molecule has 1 heterocycles. The van der Waals surface area contributed by atoms with E-state index in [1.165, 1.54) is 43.3 Å². The van der Waals surface area contributed by atoms with Gasteiger partial charge in [-0.2, -0.15) is 18.6 Å². The molecule has 1 atom stereocenters. The van der Waals surface area contributed by atoms with E-state index >= 15 is 0 Å². The molecule has 0 saturated heterocycles. The zero-order valence-electron chi connectivity index (χ0n) is 18.6. The Bertz CT molecular complexity index is 1250. The average Bonchev–Trinajstić information content (AvgIpc) is 2.73. The first-order valence-electron chi connectivity index (χ1n) is 10.2. The molecule has 0 aliphatic carbocycles. The van der Waals surface area contributed by atoms with Crippen molar-refractivity contribution in [3.63, 3.8) is 0 Å². The molecule has 1 aromatic heterocycles. The van der Waals surface area contributed by atoms with Gasteiger partial charge >= 0.3 is 5.92 Å². The molecular weight excluding hydrogens is 435 g/mol. The van der Waals surface area contributed by atoms with Crippen LogP contribution in [0.2, 0.25) is 0 Å².